The molecule has 1 heteroatoms. The number of benzene rings is 1. The van der Waals surface area contributed by atoms with Crippen LogP contribution in [0.2, 0.25) is 0 Å². The number of hydrogen-bond acceptors (Lipinski definition) is 1. The van der Waals surface area contributed by atoms with Crippen LogP contribution >= 0.6 is 0 Å². The largest absolute Gasteiger partial charge is 0.399 e. The van der Waals surface area contributed by atoms with Crippen LogP contribution in [-0.2, 0) is 0 Å². The van der Waals surface area contributed by atoms with E-state index in [0.29, 0.717) is 0 Å². The molecule has 0 aliphatic heterocycles. The first-order chi connectivity index (χ1) is 5.89. The summed E-state index contributed by atoms with van der Waals surface area (Å²) >= 11 is 0. The Labute approximate surface area is 74.6 Å². The molecule has 66 valence electrons. The highest BCUT2D eigenvalue weighted by molar-refractivity contribution is 5.35. The van der Waals surface area contributed by atoms with E-state index in [1.54, 1.807) is 0 Å². The summed E-state index contributed by atoms with van der Waals surface area (Å²) < 4.78 is 0. The van der Waals surface area contributed by atoms with E-state index < -0.39 is 0 Å². The van der Waals surface area contributed by atoms with Crippen LogP contribution in [0.15, 0.2) is 30.3 Å². The average Bonchev–Trinajstić information content (AvgIpc) is 2.62. The predicted molar refractivity (Wildman–Crippen MR) is 53.9 cm³/mol. The summed E-state index contributed by atoms with van der Waals surface area (Å²) in [5.74, 6) is 0. The van der Waals surface area contributed by atoms with Gasteiger partial charge >= 0.3 is 0 Å². The van der Waals surface area contributed by atoms with Gasteiger partial charge in [0, 0.05) is 5.69 Å². The molecule has 2 rings (SSSR count). The lowest BCUT2D eigenvalue weighted by Crippen LogP contribution is -1.79. The van der Waals surface area contributed by atoms with E-state index in [0.717, 1.165) is 5.69 Å². The summed E-state index contributed by atoms with van der Waals surface area (Å²) in [6, 6.07) is 9.49. The van der Waals surface area contributed by atoms with Gasteiger partial charge in [-0.2, -0.15) is 0 Å². The molecule has 0 aromatic heterocycles. The number of rotatable bonds is 0. The smallest absolute Gasteiger partial charge is 0.0313 e. The fraction of sp³-hybridized carbons (Fsp3) is 0.455. The Balaban J connectivity index is 0.000000127. The van der Waals surface area contributed by atoms with Crippen LogP contribution in [0.25, 0.3) is 0 Å². The van der Waals surface area contributed by atoms with Gasteiger partial charge < -0.3 is 5.73 Å². The topological polar surface area (TPSA) is 26.0 Å². The van der Waals surface area contributed by atoms with E-state index in [2.05, 4.69) is 0 Å². The molecule has 0 amide bonds. The molecule has 1 saturated carbocycles. The molecular weight excluding hydrogens is 146 g/mol. The second-order valence-electron chi connectivity index (χ2n) is 3.18. The van der Waals surface area contributed by atoms with Crippen molar-refractivity contribution in [3.63, 3.8) is 0 Å². The van der Waals surface area contributed by atoms with Crippen LogP contribution in [0.1, 0.15) is 32.1 Å². The maximum Gasteiger partial charge on any atom is 0.0313 e. The molecular formula is C11H17N. The fourth-order valence-corrected chi connectivity index (χ4v) is 1.34. The van der Waals surface area contributed by atoms with Gasteiger partial charge in [-0.05, 0) is 12.1 Å². The fourth-order valence-electron chi connectivity index (χ4n) is 1.34. The third-order valence-electron chi connectivity index (χ3n) is 2.05. The van der Waals surface area contributed by atoms with Gasteiger partial charge in [0.25, 0.3) is 0 Å². The third kappa shape index (κ3) is 4.02. The first-order valence-electron chi connectivity index (χ1n) is 4.70. The Morgan fingerprint density at radius 1 is 0.750 bits per heavy atom. The van der Waals surface area contributed by atoms with Gasteiger partial charge in [0.2, 0.25) is 0 Å². The molecule has 0 bridgehead atoms. The number of hydrogen-bond donors (Lipinski definition) is 1. The molecule has 0 heterocycles. The highest BCUT2D eigenvalue weighted by Crippen LogP contribution is 2.15. The second-order valence-corrected chi connectivity index (χ2v) is 3.18. The lowest BCUT2D eigenvalue weighted by Gasteiger charge is -1.83. The highest BCUT2D eigenvalue weighted by Gasteiger charge is 1.95. The van der Waals surface area contributed by atoms with Crippen molar-refractivity contribution in [3.05, 3.63) is 30.3 Å². The molecule has 0 unspecified atom stereocenters. The summed E-state index contributed by atoms with van der Waals surface area (Å²) in [7, 11) is 0. The molecule has 0 saturated heterocycles. The van der Waals surface area contributed by atoms with E-state index in [4.69, 9.17) is 5.73 Å². The van der Waals surface area contributed by atoms with Crippen molar-refractivity contribution in [2.24, 2.45) is 0 Å². The van der Waals surface area contributed by atoms with Crippen molar-refractivity contribution in [2.45, 2.75) is 32.1 Å². The van der Waals surface area contributed by atoms with Gasteiger partial charge in [-0.25, -0.2) is 0 Å². The van der Waals surface area contributed by atoms with Crippen LogP contribution in [0.3, 0.4) is 0 Å². The van der Waals surface area contributed by atoms with E-state index in [1.165, 1.54) is 32.1 Å². The monoisotopic (exact) mass is 163 g/mol. The van der Waals surface area contributed by atoms with Gasteiger partial charge in [0.1, 0.15) is 0 Å². The standard InChI is InChI=1S/C6H7N.C5H10/c7-6-4-2-1-3-5-6;1-2-4-5-3-1/h1-5H,7H2;1-5H2. The molecule has 0 radical (unpaired) electrons. The van der Waals surface area contributed by atoms with Gasteiger partial charge in [-0.3, -0.25) is 0 Å². The minimum atomic E-state index is 0.822. The number of anilines is 1. The van der Waals surface area contributed by atoms with Crippen molar-refractivity contribution in [1.82, 2.24) is 0 Å². The summed E-state index contributed by atoms with van der Waals surface area (Å²) in [5, 5.41) is 0. The Morgan fingerprint density at radius 3 is 1.42 bits per heavy atom. The van der Waals surface area contributed by atoms with Gasteiger partial charge in [-0.1, -0.05) is 50.3 Å². The van der Waals surface area contributed by atoms with Crippen LogP contribution < -0.4 is 5.73 Å². The normalized spacial score (nSPS) is 15.0. The van der Waals surface area contributed by atoms with Gasteiger partial charge in [0.05, 0.1) is 0 Å². The number of para-hydroxylation sites is 1. The minimum Gasteiger partial charge on any atom is -0.399 e. The summed E-state index contributed by atoms with van der Waals surface area (Å²) in [6.07, 6.45) is 7.50. The Morgan fingerprint density at radius 2 is 1.17 bits per heavy atom. The highest BCUT2D eigenvalue weighted by atomic mass is 14.5. The summed E-state index contributed by atoms with van der Waals surface area (Å²) in [5.41, 5.74) is 6.18. The zero-order valence-electron chi connectivity index (χ0n) is 7.50. The molecule has 12 heavy (non-hydrogen) atoms. The van der Waals surface area contributed by atoms with E-state index in [-0.39, 0.29) is 0 Å². The molecule has 0 atom stereocenters. The lowest BCUT2D eigenvalue weighted by molar-refractivity contribution is 0.886. The zero-order valence-corrected chi connectivity index (χ0v) is 7.50. The Kier molecular flexibility index (Phi) is 4.28. The molecule has 1 fully saturated rings. The van der Waals surface area contributed by atoms with Gasteiger partial charge in [0.15, 0.2) is 0 Å². The molecule has 1 aromatic rings. The van der Waals surface area contributed by atoms with E-state index in [1.807, 2.05) is 30.3 Å². The maximum absolute atomic E-state index is 5.36. The number of nitrogens with two attached hydrogens (primary N) is 1. The quantitative estimate of drug-likeness (QED) is 0.584. The third-order valence-corrected chi connectivity index (χ3v) is 2.05. The lowest BCUT2D eigenvalue weighted by atomic mass is 10.3. The van der Waals surface area contributed by atoms with Crippen LogP contribution in [-0.4, -0.2) is 0 Å². The summed E-state index contributed by atoms with van der Waals surface area (Å²) in [4.78, 5) is 0. The maximum atomic E-state index is 5.36. The Hall–Kier alpha value is -0.980. The molecule has 1 aliphatic carbocycles. The second kappa shape index (κ2) is 5.64. The van der Waals surface area contributed by atoms with E-state index >= 15 is 0 Å². The van der Waals surface area contributed by atoms with Crippen molar-refractivity contribution >= 4 is 5.69 Å². The van der Waals surface area contributed by atoms with Crippen LogP contribution in [0.5, 0.6) is 0 Å². The van der Waals surface area contributed by atoms with E-state index in [9.17, 15) is 0 Å². The van der Waals surface area contributed by atoms with Crippen LogP contribution in [0, 0.1) is 0 Å². The average molecular weight is 163 g/mol. The summed E-state index contributed by atoms with van der Waals surface area (Å²) in [6.45, 7) is 0. The van der Waals surface area contributed by atoms with Crippen molar-refractivity contribution in [2.75, 3.05) is 5.73 Å². The van der Waals surface area contributed by atoms with Crippen molar-refractivity contribution < 1.29 is 0 Å². The molecule has 0 spiro atoms. The van der Waals surface area contributed by atoms with Gasteiger partial charge in [-0.15, -0.1) is 0 Å². The van der Waals surface area contributed by atoms with Crippen molar-refractivity contribution in [3.8, 4) is 0 Å². The molecule has 2 N–H and O–H groups in total. The molecule has 1 aromatic carbocycles. The number of nitrogen functional groups attached to an aromatic ring is 1. The Bertz CT molecular complexity index is 182. The minimum absolute atomic E-state index is 0.822. The van der Waals surface area contributed by atoms with Crippen molar-refractivity contribution in [1.29, 1.82) is 0 Å². The van der Waals surface area contributed by atoms with Crippen LogP contribution in [0.4, 0.5) is 5.69 Å². The molecule has 1 aliphatic rings. The predicted octanol–water partition coefficient (Wildman–Crippen LogP) is 3.22. The SMILES string of the molecule is C1CCCC1.Nc1ccccc1. The first kappa shape index (κ1) is 9.11. The zero-order chi connectivity index (χ0) is 8.65. The molecule has 1 nitrogen and oxygen atoms in total. The first-order valence-corrected chi connectivity index (χ1v) is 4.70.